The average molecular weight is 1280 g/mol. The molecule has 0 aliphatic carbocycles. The molecule has 0 unspecified atom stereocenters. The third kappa shape index (κ3) is 15.8. The predicted octanol–water partition coefficient (Wildman–Crippen LogP) is -15.8. The van der Waals surface area contributed by atoms with Gasteiger partial charge in [-0.2, -0.15) is 0 Å². The fraction of sp³-hybridized carbons (Fsp3) is 0.938. The maximum absolute atomic E-state index is 12.7. The van der Waals surface area contributed by atoms with Crippen molar-refractivity contribution in [2.45, 2.75) is 236 Å². The zero-order valence-electron chi connectivity index (χ0n) is 46.6. The number of rotatable bonds is 22. The molecule has 0 radical (unpaired) electrons. The van der Waals surface area contributed by atoms with Gasteiger partial charge in [-0.05, 0) is 0 Å². The third-order valence-corrected chi connectivity index (χ3v) is 15.7. The van der Waals surface area contributed by atoms with Crippen LogP contribution in [0.15, 0.2) is 0 Å². The number of hydrogen-bond donors (Lipinski definition) is 23. The maximum Gasteiger partial charge on any atom is 0.217 e. The van der Waals surface area contributed by atoms with Gasteiger partial charge in [-0.3, -0.25) is 14.4 Å². The molecule has 39 heteroatoms. The molecule has 0 aromatic carbocycles. The van der Waals surface area contributed by atoms with Crippen LogP contribution in [0, 0.1) is 0 Å². The van der Waals surface area contributed by atoms with E-state index in [9.17, 15) is 117 Å². The van der Waals surface area contributed by atoms with Crippen LogP contribution >= 0.6 is 0 Å². The average Bonchev–Trinajstić information content (AvgIpc) is 1.24. The predicted molar refractivity (Wildman–Crippen MR) is 267 cm³/mol. The summed E-state index contributed by atoms with van der Waals surface area (Å²) in [4.78, 5) is 37.3. The Morgan fingerprint density at radius 2 is 0.609 bits per heavy atom. The van der Waals surface area contributed by atoms with E-state index in [-0.39, 0.29) is 0 Å². The molecule has 7 fully saturated rings. The smallest absolute Gasteiger partial charge is 0.217 e. The summed E-state index contributed by atoms with van der Waals surface area (Å²) in [5.41, 5.74) is 0. The van der Waals surface area contributed by atoms with Gasteiger partial charge in [-0.25, -0.2) is 0 Å². The normalized spacial score (nSPS) is 48.9. The van der Waals surface area contributed by atoms with Gasteiger partial charge < -0.3 is 180 Å². The van der Waals surface area contributed by atoms with Gasteiger partial charge in [-0.15, -0.1) is 0 Å². The highest BCUT2D eigenvalue weighted by Crippen LogP contribution is 2.37. The zero-order valence-corrected chi connectivity index (χ0v) is 46.6. The molecule has 0 saturated carbocycles. The molecule has 87 heavy (non-hydrogen) atoms. The molecule has 7 aliphatic heterocycles. The maximum atomic E-state index is 12.7. The van der Waals surface area contributed by atoms with E-state index in [1.54, 1.807) is 0 Å². The second-order valence-electron chi connectivity index (χ2n) is 21.8. The van der Waals surface area contributed by atoms with Crippen LogP contribution in [0.4, 0.5) is 0 Å². The molecule has 23 N–H and O–H groups in total. The molecule has 7 saturated heterocycles. The monoisotopic (exact) mass is 1280 g/mol. The Balaban J connectivity index is 1.17. The second kappa shape index (κ2) is 31.1. The Morgan fingerprint density at radius 1 is 0.299 bits per heavy atom. The van der Waals surface area contributed by atoms with Crippen molar-refractivity contribution in [3.8, 4) is 0 Å². The lowest BCUT2D eigenvalue weighted by molar-refractivity contribution is -0.389. The van der Waals surface area contributed by atoms with E-state index in [1.807, 2.05) is 0 Å². The molecule has 39 nitrogen and oxygen atoms in total. The molecule has 7 heterocycles. The van der Waals surface area contributed by atoms with E-state index < -0.39 is 279 Å². The lowest BCUT2D eigenvalue weighted by Gasteiger charge is -2.50. The summed E-state index contributed by atoms with van der Waals surface area (Å²) in [5, 5.41) is 224. The van der Waals surface area contributed by atoms with Crippen molar-refractivity contribution >= 4 is 17.7 Å². The van der Waals surface area contributed by atoms with Crippen LogP contribution in [0.5, 0.6) is 0 Å². The van der Waals surface area contributed by atoms with Crippen LogP contribution in [0.1, 0.15) is 20.8 Å². The van der Waals surface area contributed by atoms with E-state index in [0.29, 0.717) is 0 Å². The minimum absolute atomic E-state index is 0.738. The Bertz CT molecular complexity index is 2190. The fourth-order valence-electron chi connectivity index (χ4n) is 11.1. The first-order valence-corrected chi connectivity index (χ1v) is 27.6. The Morgan fingerprint density at radius 3 is 1.02 bits per heavy atom. The lowest BCUT2D eigenvalue weighted by Crippen LogP contribution is -2.70. The lowest BCUT2D eigenvalue weighted by atomic mass is 9.94. The van der Waals surface area contributed by atoms with Crippen molar-refractivity contribution in [1.82, 2.24) is 16.0 Å². The molecule has 0 spiro atoms. The summed E-state index contributed by atoms with van der Waals surface area (Å²) in [6.07, 6.45) is -62.8. The van der Waals surface area contributed by atoms with Gasteiger partial charge in [0.05, 0.1) is 46.2 Å². The Kier molecular flexibility index (Phi) is 25.6. The standard InChI is InChI=1S/C48H81N3O36/c1-11(58)49-21-28(65)37(17(7-55)76-42(21)74)83-43-22(50-12(2)59)29(66)39(19(9-57)80-43)85-47-36(73)40(86-46-35(72)32(69)25(62)15(5-53)78-46)27(64)20(82-47)10-75-48-41(33(70)26(63)16(6-54)79-48)87-44-23(51-13(3)60)30(67)38(18(8-56)81-44)84-45-34(71)31(68)24(61)14(4-52)77-45/h14-48,52-57,61-74H,4-10H2,1-3H3,(H,49,58)(H,50,59)(H,51,60)/t14-,15-,16-,17-,18-,19-,20-,21-,22-,23-,24+,25-,26-,27-,28-,29-,30-,31+,32+,33+,34-,35+,36+,37-,38-,39-,40+,41+,42-,43+,44-,45+,46+,47+,48+/m1/s1. The number of carbonyl (C=O) groups is 3. The highest BCUT2D eigenvalue weighted by molar-refractivity contribution is 5.74. The number of amides is 3. The fourth-order valence-corrected chi connectivity index (χ4v) is 11.1. The number of hydrogen-bond acceptors (Lipinski definition) is 36. The highest BCUT2D eigenvalue weighted by Gasteiger charge is 2.59. The van der Waals surface area contributed by atoms with E-state index >= 15 is 0 Å². The molecule has 7 aliphatic rings. The molecular formula is C48H81N3O36. The highest BCUT2D eigenvalue weighted by atomic mass is 16.8. The van der Waals surface area contributed by atoms with Crippen LogP contribution < -0.4 is 16.0 Å². The molecule has 7 rings (SSSR count). The number of ether oxygens (including phenoxy) is 13. The van der Waals surface area contributed by atoms with Crippen molar-refractivity contribution in [1.29, 1.82) is 0 Å². The van der Waals surface area contributed by atoms with Gasteiger partial charge in [0.25, 0.3) is 0 Å². The van der Waals surface area contributed by atoms with Crippen LogP contribution in [0.25, 0.3) is 0 Å². The van der Waals surface area contributed by atoms with Gasteiger partial charge in [-0.1, -0.05) is 0 Å². The van der Waals surface area contributed by atoms with Crippen molar-refractivity contribution < 1.29 is 178 Å². The molecule has 0 bridgehead atoms. The molecule has 0 aromatic heterocycles. The van der Waals surface area contributed by atoms with Crippen LogP contribution in [0.3, 0.4) is 0 Å². The Labute approximate surface area is 492 Å². The van der Waals surface area contributed by atoms with Crippen LogP contribution in [0.2, 0.25) is 0 Å². The van der Waals surface area contributed by atoms with Crippen molar-refractivity contribution in [3.05, 3.63) is 0 Å². The third-order valence-electron chi connectivity index (χ3n) is 15.7. The quantitative estimate of drug-likeness (QED) is 0.0479. The van der Waals surface area contributed by atoms with Crippen LogP contribution in [-0.2, 0) is 76.0 Å². The number of aliphatic hydroxyl groups is 20. The Hall–Kier alpha value is -2.91. The van der Waals surface area contributed by atoms with Gasteiger partial charge in [0.15, 0.2) is 44.0 Å². The zero-order chi connectivity index (χ0) is 64.2. The van der Waals surface area contributed by atoms with Gasteiger partial charge >= 0.3 is 0 Å². The molecule has 0 aromatic rings. The van der Waals surface area contributed by atoms with Crippen molar-refractivity contribution in [2.75, 3.05) is 46.2 Å². The summed E-state index contributed by atoms with van der Waals surface area (Å²) >= 11 is 0. The first-order chi connectivity index (χ1) is 41.1. The van der Waals surface area contributed by atoms with Gasteiger partial charge in [0, 0.05) is 20.8 Å². The summed E-state index contributed by atoms with van der Waals surface area (Å²) in [6, 6.07) is -5.18. The van der Waals surface area contributed by atoms with E-state index in [2.05, 4.69) is 16.0 Å². The molecule has 35 atom stereocenters. The van der Waals surface area contributed by atoms with Crippen molar-refractivity contribution in [2.24, 2.45) is 0 Å². The summed E-state index contributed by atoms with van der Waals surface area (Å²) in [5.74, 6) is -2.48. The first kappa shape index (κ1) is 71.5. The van der Waals surface area contributed by atoms with E-state index in [1.165, 1.54) is 0 Å². The molecular weight excluding hydrogens is 1190 g/mol. The second-order valence-corrected chi connectivity index (χ2v) is 21.8. The first-order valence-electron chi connectivity index (χ1n) is 27.6. The molecule has 504 valence electrons. The number of nitrogens with one attached hydrogen (secondary N) is 3. The number of aliphatic hydroxyl groups excluding tert-OH is 20. The largest absolute Gasteiger partial charge is 0.394 e. The minimum atomic E-state index is -2.34. The topological polar surface area (TPSA) is 612 Å². The summed E-state index contributed by atoms with van der Waals surface area (Å²) < 4.78 is 75.5. The molecule has 3 amide bonds. The van der Waals surface area contributed by atoms with Crippen LogP contribution in [-0.4, -0.2) is 381 Å². The SMILES string of the molecule is CC(=O)N[C@@H]1[C@@H](O)[C@H](O[C@@H]2O[C@H](CO)[C@@H](O[C@@H]3O[C@H](CO[C@H]4O[C@H](CO)[C@@H](O)[C@H](O)[C@@H]4O[C@H]4O[C@H](CO)[C@@H](O[C@@H]5O[C@H](CO)[C@H](O)[C@H](O)[C@H]5O)[C@H](O)[C@H]4NC(C)=O)[C@@H](O)[C@H](O[C@@H]4O[C@H](CO)[C@@H](O)[C@H](O)[C@@H]4O)[C@@H]3O)[C@H](O)[C@H]2NC(C)=O)[C@@H](CO)O[C@H]1O. The summed E-state index contributed by atoms with van der Waals surface area (Å²) in [7, 11) is 0. The summed E-state index contributed by atoms with van der Waals surface area (Å²) in [6.45, 7) is -4.00. The van der Waals surface area contributed by atoms with Crippen molar-refractivity contribution in [3.63, 3.8) is 0 Å². The van der Waals surface area contributed by atoms with E-state index in [0.717, 1.165) is 20.8 Å². The number of carbonyl (C=O) groups excluding carboxylic acids is 3. The van der Waals surface area contributed by atoms with Gasteiger partial charge in [0.2, 0.25) is 17.7 Å². The minimum Gasteiger partial charge on any atom is -0.394 e. The van der Waals surface area contributed by atoms with Gasteiger partial charge in [0.1, 0.15) is 171 Å². The van der Waals surface area contributed by atoms with E-state index in [4.69, 9.17) is 61.6 Å².